The second kappa shape index (κ2) is 4.65. The number of halogens is 3. The molecule has 0 spiro atoms. The number of carbonyl (C=O) groups is 1. The van der Waals surface area contributed by atoms with Crippen molar-refractivity contribution in [2.24, 2.45) is 4.99 Å². The molecule has 1 aliphatic heterocycles. The van der Waals surface area contributed by atoms with E-state index in [1.165, 1.54) is 0 Å². The van der Waals surface area contributed by atoms with E-state index in [4.69, 9.17) is 0 Å². The number of rotatable bonds is 1. The molecule has 1 aliphatic rings. The molecule has 0 saturated heterocycles. The van der Waals surface area contributed by atoms with Crippen LogP contribution in [0.5, 0.6) is 0 Å². The summed E-state index contributed by atoms with van der Waals surface area (Å²) in [6.45, 7) is 0. The molecule has 0 fully saturated rings. The van der Waals surface area contributed by atoms with Gasteiger partial charge in [-0.15, -0.1) is 0 Å². The van der Waals surface area contributed by atoms with Gasteiger partial charge in [0.25, 0.3) is 0 Å². The van der Waals surface area contributed by atoms with Gasteiger partial charge in [-0.25, -0.2) is 0 Å². The maximum atomic E-state index is 12.6. The van der Waals surface area contributed by atoms with E-state index >= 15 is 0 Å². The van der Waals surface area contributed by atoms with Gasteiger partial charge in [-0.1, -0.05) is 4.99 Å². The van der Waals surface area contributed by atoms with Crippen LogP contribution in [0.3, 0.4) is 0 Å². The van der Waals surface area contributed by atoms with Gasteiger partial charge in [0, 0.05) is 22.2 Å². The molecule has 1 unspecified atom stereocenters. The quantitative estimate of drug-likeness (QED) is 0.453. The number of hydrogen-bond donors (Lipinski definition) is 0. The van der Waals surface area contributed by atoms with Crippen molar-refractivity contribution in [3.05, 3.63) is 39.4 Å². The fraction of sp³-hybridized carbons (Fsp3) is 0.200. The summed E-state index contributed by atoms with van der Waals surface area (Å²) in [4.78, 5) is 24.4. The zero-order valence-electron chi connectivity index (χ0n) is 9.05. The third-order valence-electron chi connectivity index (χ3n) is 2.39. The van der Waals surface area contributed by atoms with E-state index in [1.807, 2.05) is 0 Å². The lowest BCUT2D eigenvalue weighted by Gasteiger charge is -2.15. The zero-order valence-corrected chi connectivity index (χ0v) is 9.86. The van der Waals surface area contributed by atoms with Crippen molar-refractivity contribution < 1.29 is 22.9 Å². The first-order valence-corrected chi connectivity index (χ1v) is 5.71. The summed E-state index contributed by atoms with van der Waals surface area (Å²) in [6.07, 6.45) is -4.26. The molecule has 0 amide bonds. The number of aliphatic imine (C=N–C) groups is 1. The van der Waals surface area contributed by atoms with Gasteiger partial charge >= 0.3 is 11.3 Å². The third kappa shape index (κ3) is 2.60. The number of alkyl halides is 3. The van der Waals surface area contributed by atoms with E-state index < -0.39 is 27.9 Å². The summed E-state index contributed by atoms with van der Waals surface area (Å²) >= 11 is 0.628. The number of nitrogens with zero attached hydrogens (tertiary/aromatic N) is 2. The largest absolute Gasteiger partial charge is 0.416 e. The Hall–Kier alpha value is -1.90. The minimum Gasteiger partial charge on any atom is -0.357 e. The molecular weight excluding hydrogens is 285 g/mol. The molecule has 2 rings (SSSR count). The van der Waals surface area contributed by atoms with Crippen molar-refractivity contribution in [2.45, 2.75) is 17.1 Å². The maximum Gasteiger partial charge on any atom is 0.416 e. The van der Waals surface area contributed by atoms with Crippen LogP contribution in [0.2, 0.25) is 0 Å². The van der Waals surface area contributed by atoms with Crippen molar-refractivity contribution in [1.82, 2.24) is 0 Å². The molecule has 0 aliphatic carbocycles. The van der Waals surface area contributed by atoms with Crippen LogP contribution < -0.4 is 0 Å². The summed E-state index contributed by atoms with van der Waals surface area (Å²) in [5.41, 5.74) is -0.890. The minimum absolute atomic E-state index is 0.0282. The zero-order chi connectivity index (χ0) is 14.2. The van der Waals surface area contributed by atoms with Gasteiger partial charge in [-0.3, -0.25) is 4.79 Å². The molecule has 5 nitrogen and oxygen atoms in total. The Kier molecular flexibility index (Phi) is 3.31. The van der Waals surface area contributed by atoms with Crippen LogP contribution in [0.15, 0.2) is 28.1 Å². The average Bonchev–Trinajstić information content (AvgIpc) is 2.35. The van der Waals surface area contributed by atoms with Gasteiger partial charge in [0.1, 0.15) is 0 Å². The SMILES string of the molecule is O=CC1N=C([N+](=O)[O-])Sc2ccc(C(F)(F)F)cc21. The average molecular weight is 290 g/mol. The van der Waals surface area contributed by atoms with Crippen LogP contribution in [0.1, 0.15) is 17.2 Å². The standard InChI is InChI=1S/C10H5F3N2O3S/c11-10(12,13)5-1-2-8-6(3-5)7(4-16)14-9(19-8)15(17)18/h1-4,7H. The van der Waals surface area contributed by atoms with Gasteiger partial charge in [-0.05, 0) is 23.1 Å². The number of thioether (sulfide) groups is 1. The molecule has 0 radical (unpaired) electrons. The van der Waals surface area contributed by atoms with Crippen molar-refractivity contribution >= 4 is 23.2 Å². The highest BCUT2D eigenvalue weighted by atomic mass is 32.2. The maximum absolute atomic E-state index is 12.6. The lowest BCUT2D eigenvalue weighted by molar-refractivity contribution is -0.343. The van der Waals surface area contributed by atoms with Crippen LogP contribution in [0, 0.1) is 10.1 Å². The molecule has 1 aromatic rings. The molecule has 1 heterocycles. The topological polar surface area (TPSA) is 72.6 Å². The van der Waals surface area contributed by atoms with Crippen LogP contribution in [0.25, 0.3) is 0 Å². The van der Waals surface area contributed by atoms with Gasteiger partial charge in [0.2, 0.25) is 6.04 Å². The highest BCUT2D eigenvalue weighted by Crippen LogP contribution is 2.39. The Morgan fingerprint density at radius 3 is 2.63 bits per heavy atom. The van der Waals surface area contributed by atoms with Crippen molar-refractivity contribution in [3.63, 3.8) is 0 Å². The van der Waals surface area contributed by atoms with Crippen LogP contribution in [0.4, 0.5) is 13.2 Å². The molecule has 1 aromatic carbocycles. The molecule has 0 aromatic heterocycles. The first kappa shape index (κ1) is 13.5. The number of hydrogen-bond acceptors (Lipinski definition) is 5. The van der Waals surface area contributed by atoms with E-state index in [9.17, 15) is 28.1 Å². The molecular formula is C10H5F3N2O3S. The summed E-state index contributed by atoms with van der Waals surface area (Å²) in [6, 6.07) is 1.44. The number of fused-ring (bicyclic) bond motifs is 1. The van der Waals surface area contributed by atoms with Crippen molar-refractivity contribution in [2.75, 3.05) is 0 Å². The smallest absolute Gasteiger partial charge is 0.357 e. The monoisotopic (exact) mass is 290 g/mol. The van der Waals surface area contributed by atoms with Crippen LogP contribution in [-0.2, 0) is 11.0 Å². The van der Waals surface area contributed by atoms with Crippen LogP contribution in [-0.4, -0.2) is 16.4 Å². The van der Waals surface area contributed by atoms with E-state index in [0.29, 0.717) is 11.8 Å². The minimum atomic E-state index is -4.54. The number of nitro groups is 1. The summed E-state index contributed by atoms with van der Waals surface area (Å²) in [5.74, 6) is 0. The summed E-state index contributed by atoms with van der Waals surface area (Å²) in [7, 11) is 0. The normalized spacial score (nSPS) is 18.5. The molecule has 0 bridgehead atoms. The van der Waals surface area contributed by atoms with Gasteiger partial charge in [0.05, 0.1) is 5.56 Å². The van der Waals surface area contributed by atoms with Crippen LogP contribution >= 0.6 is 11.8 Å². The molecule has 0 N–H and O–H groups in total. The van der Waals surface area contributed by atoms with E-state index in [1.54, 1.807) is 0 Å². The second-order valence-corrected chi connectivity index (χ2v) is 4.61. The highest BCUT2D eigenvalue weighted by molar-refractivity contribution is 8.13. The van der Waals surface area contributed by atoms with Crippen molar-refractivity contribution in [3.8, 4) is 0 Å². The van der Waals surface area contributed by atoms with E-state index in [2.05, 4.69) is 4.99 Å². The number of amidine groups is 1. The predicted octanol–water partition coefficient (Wildman–Crippen LogP) is 2.68. The molecule has 0 saturated carbocycles. The lowest BCUT2D eigenvalue weighted by atomic mass is 10.0. The number of aldehydes is 1. The predicted molar refractivity (Wildman–Crippen MR) is 60.5 cm³/mol. The number of carbonyl (C=O) groups excluding carboxylic acids is 1. The first-order chi connectivity index (χ1) is 8.82. The first-order valence-electron chi connectivity index (χ1n) is 4.89. The fourth-order valence-electron chi connectivity index (χ4n) is 1.55. The Labute approximate surface area is 108 Å². The Bertz CT molecular complexity index is 586. The Morgan fingerprint density at radius 1 is 1.42 bits per heavy atom. The van der Waals surface area contributed by atoms with Gasteiger partial charge in [-0.2, -0.15) is 13.2 Å². The Balaban J connectivity index is 2.50. The van der Waals surface area contributed by atoms with Gasteiger partial charge < -0.3 is 10.1 Å². The fourth-order valence-corrected chi connectivity index (χ4v) is 2.42. The second-order valence-electron chi connectivity index (χ2n) is 3.60. The molecule has 9 heteroatoms. The van der Waals surface area contributed by atoms with Crippen molar-refractivity contribution in [1.29, 1.82) is 0 Å². The number of benzene rings is 1. The van der Waals surface area contributed by atoms with Gasteiger partial charge in [0.15, 0.2) is 6.29 Å². The van der Waals surface area contributed by atoms with E-state index in [0.717, 1.165) is 18.2 Å². The Morgan fingerprint density at radius 2 is 2.11 bits per heavy atom. The highest BCUT2D eigenvalue weighted by Gasteiger charge is 2.36. The lowest BCUT2D eigenvalue weighted by Crippen LogP contribution is -2.17. The molecule has 100 valence electrons. The summed E-state index contributed by atoms with van der Waals surface area (Å²) in [5, 5.41) is 10.1. The molecule has 19 heavy (non-hydrogen) atoms. The van der Waals surface area contributed by atoms with E-state index in [-0.39, 0.29) is 16.7 Å². The molecule has 1 atom stereocenters. The summed E-state index contributed by atoms with van der Waals surface area (Å²) < 4.78 is 37.7. The third-order valence-corrected chi connectivity index (χ3v) is 3.42.